The Morgan fingerprint density at radius 2 is 2.00 bits per heavy atom. The zero-order valence-corrected chi connectivity index (χ0v) is 11.4. The van der Waals surface area contributed by atoms with Gasteiger partial charge >= 0.3 is 5.97 Å². The minimum absolute atomic E-state index is 0.462. The Kier molecular flexibility index (Phi) is 4.10. The molecule has 0 aromatic heterocycles. The van der Waals surface area contributed by atoms with Crippen molar-refractivity contribution < 1.29 is 19.4 Å². The summed E-state index contributed by atoms with van der Waals surface area (Å²) in [7, 11) is 3.23. The molecule has 1 aliphatic carbocycles. The van der Waals surface area contributed by atoms with Crippen LogP contribution in [0.3, 0.4) is 0 Å². The van der Waals surface area contributed by atoms with Crippen molar-refractivity contribution in [1.29, 1.82) is 0 Å². The molecule has 0 bridgehead atoms. The van der Waals surface area contributed by atoms with Crippen LogP contribution in [-0.2, 0) is 21.6 Å². The van der Waals surface area contributed by atoms with E-state index in [1.165, 1.54) is 0 Å². The molecule has 0 unspecified atom stereocenters. The van der Waals surface area contributed by atoms with Gasteiger partial charge in [0.15, 0.2) is 0 Å². The van der Waals surface area contributed by atoms with Crippen molar-refractivity contribution in [2.75, 3.05) is 14.2 Å². The average Bonchev–Trinajstić information content (AvgIpc) is 2.90. The lowest BCUT2D eigenvalue weighted by atomic mass is 9.78. The monoisotopic (exact) mass is 264 g/mol. The molecule has 0 spiro atoms. The predicted molar refractivity (Wildman–Crippen MR) is 71.5 cm³/mol. The maximum Gasteiger partial charge on any atom is 0.314 e. The van der Waals surface area contributed by atoms with E-state index in [-0.39, 0.29) is 0 Å². The molecule has 0 heterocycles. The molecule has 0 saturated heterocycles. The van der Waals surface area contributed by atoms with Crippen LogP contribution in [-0.4, -0.2) is 25.3 Å². The minimum Gasteiger partial charge on any atom is -0.496 e. The van der Waals surface area contributed by atoms with Crippen LogP contribution in [0, 0.1) is 0 Å². The largest absolute Gasteiger partial charge is 0.496 e. The van der Waals surface area contributed by atoms with Crippen LogP contribution < -0.4 is 4.74 Å². The second-order valence-electron chi connectivity index (χ2n) is 5.05. The van der Waals surface area contributed by atoms with Gasteiger partial charge in [0, 0.05) is 12.7 Å². The molecule has 1 fully saturated rings. The summed E-state index contributed by atoms with van der Waals surface area (Å²) in [5.41, 5.74) is 1.04. The Morgan fingerprint density at radius 3 is 2.53 bits per heavy atom. The molecule has 0 atom stereocenters. The molecular weight excluding hydrogens is 244 g/mol. The van der Waals surface area contributed by atoms with Crippen LogP contribution in [0.5, 0.6) is 5.75 Å². The van der Waals surface area contributed by atoms with E-state index in [0.29, 0.717) is 25.2 Å². The van der Waals surface area contributed by atoms with Crippen LogP contribution in [0.1, 0.15) is 36.8 Å². The number of methoxy groups -OCH3 is 2. The summed E-state index contributed by atoms with van der Waals surface area (Å²) in [4.78, 5) is 11.7. The molecule has 4 heteroatoms. The maximum absolute atomic E-state index is 11.7. The van der Waals surface area contributed by atoms with Gasteiger partial charge in [0.05, 0.1) is 19.1 Å². The van der Waals surface area contributed by atoms with Crippen LogP contribution in [0.15, 0.2) is 18.2 Å². The lowest BCUT2D eigenvalue weighted by Gasteiger charge is -2.25. The van der Waals surface area contributed by atoms with Gasteiger partial charge in [-0.3, -0.25) is 4.79 Å². The third-order valence-corrected chi connectivity index (χ3v) is 4.01. The second kappa shape index (κ2) is 5.61. The van der Waals surface area contributed by atoms with E-state index in [4.69, 9.17) is 9.47 Å². The van der Waals surface area contributed by atoms with Crippen LogP contribution >= 0.6 is 0 Å². The van der Waals surface area contributed by atoms with Crippen LogP contribution in [0.2, 0.25) is 0 Å². The third kappa shape index (κ3) is 2.45. The molecule has 1 aliphatic rings. The number of carboxylic acids is 1. The summed E-state index contributed by atoms with van der Waals surface area (Å²) in [6, 6.07) is 5.66. The molecule has 19 heavy (non-hydrogen) atoms. The highest BCUT2D eigenvalue weighted by atomic mass is 16.5. The Balaban J connectivity index is 2.41. The van der Waals surface area contributed by atoms with Crippen molar-refractivity contribution in [2.45, 2.75) is 37.7 Å². The smallest absolute Gasteiger partial charge is 0.314 e. The molecule has 0 radical (unpaired) electrons. The summed E-state index contributed by atoms with van der Waals surface area (Å²) >= 11 is 0. The number of aliphatic carboxylic acids is 1. The van der Waals surface area contributed by atoms with Crippen molar-refractivity contribution in [3.63, 3.8) is 0 Å². The van der Waals surface area contributed by atoms with E-state index in [1.54, 1.807) is 14.2 Å². The van der Waals surface area contributed by atoms with Gasteiger partial charge in [-0.05, 0) is 24.5 Å². The molecule has 1 saturated carbocycles. The zero-order chi connectivity index (χ0) is 13.9. The topological polar surface area (TPSA) is 55.8 Å². The van der Waals surface area contributed by atoms with Gasteiger partial charge in [0.25, 0.3) is 0 Å². The van der Waals surface area contributed by atoms with Gasteiger partial charge in [0.2, 0.25) is 0 Å². The first kappa shape index (κ1) is 13.9. The van der Waals surface area contributed by atoms with Gasteiger partial charge < -0.3 is 14.6 Å². The van der Waals surface area contributed by atoms with Crippen molar-refractivity contribution in [3.05, 3.63) is 29.3 Å². The van der Waals surface area contributed by atoms with Crippen LogP contribution in [0.4, 0.5) is 0 Å². The number of ether oxygens (including phenoxy) is 2. The Bertz CT molecular complexity index is 461. The van der Waals surface area contributed by atoms with E-state index in [0.717, 1.165) is 24.0 Å². The van der Waals surface area contributed by atoms with E-state index in [9.17, 15) is 9.90 Å². The van der Waals surface area contributed by atoms with E-state index < -0.39 is 11.4 Å². The predicted octanol–water partition coefficient (Wildman–Crippen LogP) is 2.74. The first-order chi connectivity index (χ1) is 9.14. The minimum atomic E-state index is -0.737. The first-order valence-electron chi connectivity index (χ1n) is 6.54. The van der Waals surface area contributed by atoms with Crippen molar-refractivity contribution >= 4 is 5.97 Å². The zero-order valence-electron chi connectivity index (χ0n) is 11.4. The molecule has 0 amide bonds. The third-order valence-electron chi connectivity index (χ3n) is 4.01. The van der Waals surface area contributed by atoms with Crippen molar-refractivity contribution in [3.8, 4) is 5.75 Å². The van der Waals surface area contributed by atoms with Crippen molar-refractivity contribution in [1.82, 2.24) is 0 Å². The summed E-state index contributed by atoms with van der Waals surface area (Å²) < 4.78 is 10.5. The Labute approximate surface area is 113 Å². The van der Waals surface area contributed by atoms with Gasteiger partial charge in [-0.25, -0.2) is 0 Å². The molecule has 1 N–H and O–H groups in total. The number of carboxylic acid groups (broad SMARTS) is 1. The maximum atomic E-state index is 11.7. The molecule has 1 aromatic rings. The van der Waals surface area contributed by atoms with E-state index in [1.807, 2.05) is 18.2 Å². The fraction of sp³-hybridized carbons (Fsp3) is 0.533. The highest BCUT2D eigenvalue weighted by Gasteiger charge is 2.43. The number of benzene rings is 1. The fourth-order valence-electron chi connectivity index (χ4n) is 2.92. The van der Waals surface area contributed by atoms with Gasteiger partial charge in [-0.1, -0.05) is 25.0 Å². The van der Waals surface area contributed by atoms with E-state index >= 15 is 0 Å². The number of hydrogen-bond acceptors (Lipinski definition) is 3. The average molecular weight is 264 g/mol. The Morgan fingerprint density at radius 1 is 1.32 bits per heavy atom. The van der Waals surface area contributed by atoms with E-state index in [2.05, 4.69) is 0 Å². The van der Waals surface area contributed by atoms with Gasteiger partial charge in [-0.2, -0.15) is 0 Å². The number of rotatable bonds is 5. The fourth-order valence-corrected chi connectivity index (χ4v) is 2.92. The summed E-state index contributed by atoms with van der Waals surface area (Å²) in [6.45, 7) is 0.462. The molecule has 1 aromatic carbocycles. The SMILES string of the molecule is COCc1ccc(C2(C(=O)O)CCCC2)cc1OC. The van der Waals surface area contributed by atoms with Gasteiger partial charge in [-0.15, -0.1) is 0 Å². The van der Waals surface area contributed by atoms with Crippen molar-refractivity contribution in [2.24, 2.45) is 0 Å². The van der Waals surface area contributed by atoms with Crippen LogP contribution in [0.25, 0.3) is 0 Å². The summed E-state index contributed by atoms with van der Waals surface area (Å²) in [5, 5.41) is 9.59. The standard InChI is InChI=1S/C15H20O4/c1-18-10-11-5-6-12(9-13(11)19-2)15(14(16)17)7-3-4-8-15/h5-6,9H,3-4,7-8,10H2,1-2H3,(H,16,17). The molecule has 2 rings (SSSR count). The lowest BCUT2D eigenvalue weighted by Crippen LogP contribution is -2.32. The summed E-state index contributed by atoms with van der Waals surface area (Å²) in [5.74, 6) is -0.0292. The number of hydrogen-bond donors (Lipinski definition) is 1. The first-order valence-corrected chi connectivity index (χ1v) is 6.54. The Hall–Kier alpha value is -1.55. The lowest BCUT2D eigenvalue weighted by molar-refractivity contribution is -0.143. The quantitative estimate of drug-likeness (QED) is 0.888. The second-order valence-corrected chi connectivity index (χ2v) is 5.05. The van der Waals surface area contributed by atoms with Gasteiger partial charge in [0.1, 0.15) is 5.75 Å². The highest BCUT2D eigenvalue weighted by molar-refractivity contribution is 5.82. The normalized spacial score (nSPS) is 17.4. The molecular formula is C15H20O4. The molecule has 104 valence electrons. The number of carbonyl (C=O) groups is 1. The summed E-state index contributed by atoms with van der Waals surface area (Å²) in [6.07, 6.45) is 3.34. The highest BCUT2D eigenvalue weighted by Crippen LogP contribution is 2.42. The molecule has 4 nitrogen and oxygen atoms in total. The molecule has 0 aliphatic heterocycles.